The van der Waals surface area contributed by atoms with Crippen LogP contribution in [0.25, 0.3) is 0 Å². The largest absolute Gasteiger partial charge is 0.325 e. The fourth-order valence-corrected chi connectivity index (χ4v) is 3.83. The van der Waals surface area contributed by atoms with Crippen molar-refractivity contribution in [2.75, 3.05) is 11.1 Å². The van der Waals surface area contributed by atoms with Crippen molar-refractivity contribution in [2.45, 2.75) is 30.0 Å². The molecule has 2 N–H and O–H groups in total. The number of thioether (sulfide) groups is 2. The second-order valence-electron chi connectivity index (χ2n) is 5.09. The van der Waals surface area contributed by atoms with Gasteiger partial charge in [0.1, 0.15) is 0 Å². The molecular weight excluding hydrogens is 401 g/mol. The van der Waals surface area contributed by atoms with Crippen LogP contribution in [-0.4, -0.2) is 26.9 Å². The van der Waals surface area contributed by atoms with Crippen molar-refractivity contribution in [3.63, 3.8) is 0 Å². The number of carbonyl (C=O) groups is 1. The van der Waals surface area contributed by atoms with Gasteiger partial charge in [-0.15, -0.1) is 0 Å². The van der Waals surface area contributed by atoms with Gasteiger partial charge in [0.15, 0.2) is 5.16 Å². The van der Waals surface area contributed by atoms with Crippen molar-refractivity contribution in [2.24, 2.45) is 0 Å². The van der Waals surface area contributed by atoms with Gasteiger partial charge >= 0.3 is 0 Å². The maximum Gasteiger partial charge on any atom is 0.251 e. The van der Waals surface area contributed by atoms with Crippen LogP contribution < -0.4 is 10.9 Å². The van der Waals surface area contributed by atoms with E-state index in [4.69, 9.17) is 23.2 Å². The van der Waals surface area contributed by atoms with E-state index in [1.165, 1.54) is 17.8 Å². The average Bonchev–Trinajstić information content (AvgIpc) is 2.51. The Hall–Kier alpha value is -1.15. The minimum absolute atomic E-state index is 0.224. The first-order chi connectivity index (χ1) is 11.9. The van der Waals surface area contributed by atoms with E-state index >= 15 is 0 Å². The smallest absolute Gasteiger partial charge is 0.251 e. The van der Waals surface area contributed by atoms with Crippen molar-refractivity contribution in [3.05, 3.63) is 50.4 Å². The van der Waals surface area contributed by atoms with Crippen molar-refractivity contribution in [3.8, 4) is 0 Å². The quantitative estimate of drug-likeness (QED) is 0.513. The summed E-state index contributed by atoms with van der Waals surface area (Å²) in [6.07, 6.45) is 0. The molecule has 2 rings (SSSR count). The first kappa shape index (κ1) is 20.2. The van der Waals surface area contributed by atoms with E-state index in [9.17, 15) is 9.59 Å². The third-order valence-electron chi connectivity index (χ3n) is 3.01. The Morgan fingerprint density at radius 3 is 2.60 bits per heavy atom. The molecule has 0 saturated heterocycles. The third kappa shape index (κ3) is 6.58. The number of benzene rings is 1. The van der Waals surface area contributed by atoms with Gasteiger partial charge in [-0.25, -0.2) is 4.98 Å². The minimum atomic E-state index is -0.463. The number of hydrogen-bond acceptors (Lipinski definition) is 5. The molecule has 25 heavy (non-hydrogen) atoms. The van der Waals surface area contributed by atoms with E-state index in [1.54, 1.807) is 36.9 Å². The third-order valence-corrected chi connectivity index (χ3v) is 5.34. The van der Waals surface area contributed by atoms with Crippen LogP contribution in [0.1, 0.15) is 19.5 Å². The lowest BCUT2D eigenvalue weighted by Gasteiger charge is -2.12. The van der Waals surface area contributed by atoms with Gasteiger partial charge in [0.05, 0.1) is 10.9 Å². The van der Waals surface area contributed by atoms with Crippen LogP contribution in [-0.2, 0) is 10.5 Å². The molecular formula is C16H17Cl2N3O2S2. The Balaban J connectivity index is 2.05. The summed E-state index contributed by atoms with van der Waals surface area (Å²) in [6.45, 7) is 3.78. The summed E-state index contributed by atoms with van der Waals surface area (Å²) in [6, 6.07) is 6.30. The maximum atomic E-state index is 12.3. The molecule has 1 amide bonds. The highest BCUT2D eigenvalue weighted by atomic mass is 35.5. The molecule has 5 nitrogen and oxygen atoms in total. The molecule has 0 aliphatic carbocycles. The zero-order chi connectivity index (χ0) is 18.4. The molecule has 0 saturated carbocycles. The van der Waals surface area contributed by atoms with Gasteiger partial charge in [-0.2, -0.15) is 11.8 Å². The predicted octanol–water partition coefficient (Wildman–Crippen LogP) is 4.45. The van der Waals surface area contributed by atoms with Crippen molar-refractivity contribution in [1.29, 1.82) is 0 Å². The van der Waals surface area contributed by atoms with Gasteiger partial charge in [0, 0.05) is 27.6 Å². The van der Waals surface area contributed by atoms with E-state index in [1.807, 2.05) is 6.92 Å². The molecule has 0 aliphatic rings. The molecule has 0 radical (unpaired) electrons. The van der Waals surface area contributed by atoms with Gasteiger partial charge < -0.3 is 10.3 Å². The number of nitrogens with zero attached hydrogens (tertiary/aromatic N) is 1. The number of H-pyrrole nitrogens is 1. The first-order valence-corrected chi connectivity index (χ1v) is 10.3. The van der Waals surface area contributed by atoms with E-state index in [2.05, 4.69) is 15.3 Å². The van der Waals surface area contributed by atoms with Gasteiger partial charge in [0.25, 0.3) is 5.56 Å². The molecule has 0 fully saturated rings. The van der Waals surface area contributed by atoms with Crippen molar-refractivity contribution >= 4 is 58.3 Å². The Labute approximate surface area is 164 Å². The van der Waals surface area contributed by atoms with Crippen LogP contribution in [0.2, 0.25) is 10.0 Å². The Morgan fingerprint density at radius 2 is 1.96 bits per heavy atom. The second kappa shape index (κ2) is 9.52. The summed E-state index contributed by atoms with van der Waals surface area (Å²) in [5.74, 6) is 1.37. The first-order valence-electron chi connectivity index (χ1n) is 7.49. The zero-order valence-electron chi connectivity index (χ0n) is 13.6. The van der Waals surface area contributed by atoms with Crippen LogP contribution in [0.3, 0.4) is 0 Å². The van der Waals surface area contributed by atoms with Crippen LogP contribution >= 0.6 is 46.7 Å². The van der Waals surface area contributed by atoms with E-state index in [0.717, 1.165) is 5.75 Å². The fourth-order valence-electron chi connectivity index (χ4n) is 1.91. The molecule has 0 bridgehead atoms. The van der Waals surface area contributed by atoms with E-state index in [0.29, 0.717) is 32.3 Å². The highest BCUT2D eigenvalue weighted by Gasteiger charge is 2.17. The summed E-state index contributed by atoms with van der Waals surface area (Å²) in [5, 5.41) is 3.59. The predicted molar refractivity (Wildman–Crippen MR) is 107 cm³/mol. The fraction of sp³-hybridized carbons (Fsp3) is 0.312. The lowest BCUT2D eigenvalue weighted by atomic mass is 10.3. The highest BCUT2D eigenvalue weighted by Crippen LogP contribution is 2.25. The Bertz CT molecular complexity index is 794. The van der Waals surface area contributed by atoms with Gasteiger partial charge in [0.2, 0.25) is 5.91 Å². The molecule has 1 unspecified atom stereocenters. The second-order valence-corrected chi connectivity index (χ2v) is 8.56. The van der Waals surface area contributed by atoms with Crippen LogP contribution in [0.5, 0.6) is 0 Å². The highest BCUT2D eigenvalue weighted by molar-refractivity contribution is 8.00. The van der Waals surface area contributed by atoms with Crippen LogP contribution in [0.4, 0.5) is 5.69 Å². The van der Waals surface area contributed by atoms with Crippen LogP contribution in [0, 0.1) is 0 Å². The number of amides is 1. The lowest BCUT2D eigenvalue weighted by molar-refractivity contribution is -0.115. The molecule has 0 spiro atoms. The number of carbonyl (C=O) groups excluding carboxylic acids is 1. The number of anilines is 1. The number of halogens is 2. The number of nitrogens with one attached hydrogen (secondary N) is 2. The number of hydrogen-bond donors (Lipinski definition) is 2. The Morgan fingerprint density at radius 1 is 1.28 bits per heavy atom. The lowest BCUT2D eigenvalue weighted by Crippen LogP contribution is -2.23. The maximum absolute atomic E-state index is 12.3. The summed E-state index contributed by atoms with van der Waals surface area (Å²) in [5.41, 5.74) is 0.996. The molecule has 1 aromatic heterocycles. The van der Waals surface area contributed by atoms with E-state index in [-0.39, 0.29) is 11.5 Å². The molecule has 1 aromatic carbocycles. The molecule has 134 valence electrons. The molecule has 0 aliphatic heterocycles. The van der Waals surface area contributed by atoms with Crippen molar-refractivity contribution in [1.82, 2.24) is 9.97 Å². The molecule has 9 heteroatoms. The van der Waals surface area contributed by atoms with Gasteiger partial charge in [-0.05, 0) is 30.9 Å². The summed E-state index contributed by atoms with van der Waals surface area (Å²) < 4.78 is 0. The molecule has 2 aromatic rings. The standard InChI is InChI=1S/C16H17Cl2N3O2S2/c1-3-24-8-13-7-14(22)21-16(20-13)25-9(2)15(23)19-12-5-10(17)4-11(18)6-12/h4-7,9H,3,8H2,1-2H3,(H,19,23)(H,20,21,22). The monoisotopic (exact) mass is 417 g/mol. The van der Waals surface area contributed by atoms with Crippen LogP contribution in [0.15, 0.2) is 34.2 Å². The SMILES string of the molecule is CCSCc1cc(=O)[nH]c(SC(C)C(=O)Nc2cc(Cl)cc(Cl)c2)n1. The zero-order valence-corrected chi connectivity index (χ0v) is 16.8. The molecule has 1 atom stereocenters. The number of aromatic amines is 1. The summed E-state index contributed by atoms with van der Waals surface area (Å²) in [7, 11) is 0. The number of rotatable bonds is 7. The topological polar surface area (TPSA) is 74.8 Å². The minimum Gasteiger partial charge on any atom is -0.325 e. The average molecular weight is 418 g/mol. The normalized spacial score (nSPS) is 12.0. The summed E-state index contributed by atoms with van der Waals surface area (Å²) in [4.78, 5) is 31.1. The van der Waals surface area contributed by atoms with Gasteiger partial charge in [-0.1, -0.05) is 41.9 Å². The molecule has 1 heterocycles. The van der Waals surface area contributed by atoms with Gasteiger partial charge in [-0.3, -0.25) is 9.59 Å². The Kier molecular flexibility index (Phi) is 7.68. The number of aromatic nitrogens is 2. The summed E-state index contributed by atoms with van der Waals surface area (Å²) >= 11 is 14.7. The van der Waals surface area contributed by atoms with Crippen molar-refractivity contribution < 1.29 is 4.79 Å². The van der Waals surface area contributed by atoms with E-state index < -0.39 is 5.25 Å².